The summed E-state index contributed by atoms with van der Waals surface area (Å²) in [6.45, 7) is 19.8. The van der Waals surface area contributed by atoms with E-state index in [1.807, 2.05) is 108 Å². The second kappa shape index (κ2) is 23.0. The molecule has 1 fully saturated rings. The normalized spacial score (nSPS) is 18.3. The van der Waals surface area contributed by atoms with Crippen LogP contribution in [0.4, 0.5) is 0 Å². The van der Waals surface area contributed by atoms with Crippen molar-refractivity contribution >= 4 is 51.8 Å². The number of aromatic nitrogens is 4. The smallest absolute Gasteiger partial charge is 0.259 e. The van der Waals surface area contributed by atoms with Gasteiger partial charge in [-0.15, -0.1) is 0 Å². The molecule has 370 valence electrons. The third-order valence-corrected chi connectivity index (χ3v) is 19.8. The zero-order valence-corrected chi connectivity index (χ0v) is 44.7. The molecule has 16 heteroatoms. The van der Waals surface area contributed by atoms with Crippen molar-refractivity contribution in [2.75, 3.05) is 27.4 Å². The molecule has 0 saturated carbocycles. The maximum Gasteiger partial charge on any atom is 0.259 e. The Kier molecular flexibility index (Phi) is 17.3. The van der Waals surface area contributed by atoms with Crippen LogP contribution in [-0.4, -0.2) is 90.3 Å². The van der Waals surface area contributed by atoms with Gasteiger partial charge in [0.25, 0.3) is 8.53 Å². The van der Waals surface area contributed by atoms with Crippen molar-refractivity contribution in [3.63, 3.8) is 0 Å². The predicted molar refractivity (Wildman–Crippen MR) is 280 cm³/mol. The van der Waals surface area contributed by atoms with Gasteiger partial charge in [-0.2, -0.15) is 5.26 Å². The number of halogens is 1. The summed E-state index contributed by atoms with van der Waals surface area (Å²) >= 11 is 6.33. The topological polar surface area (TPSA) is 135 Å². The van der Waals surface area contributed by atoms with Gasteiger partial charge in [0.15, 0.2) is 20.2 Å². The van der Waals surface area contributed by atoms with Crippen LogP contribution in [0.1, 0.15) is 89.1 Å². The summed E-state index contributed by atoms with van der Waals surface area (Å²) in [5.41, 5.74) is 4.16. The molecule has 0 bridgehead atoms. The molecule has 1 unspecified atom stereocenters. The van der Waals surface area contributed by atoms with E-state index in [2.05, 4.69) is 89.4 Å². The summed E-state index contributed by atoms with van der Waals surface area (Å²) < 4.78 is 52.1. The predicted octanol–water partition coefficient (Wildman–Crippen LogP) is 12.6. The zero-order chi connectivity index (χ0) is 50.2. The first-order valence-electron chi connectivity index (χ1n) is 23.7. The minimum absolute atomic E-state index is 0.0318. The van der Waals surface area contributed by atoms with Crippen molar-refractivity contribution in [2.24, 2.45) is 0 Å². The molecule has 0 spiro atoms. The number of methoxy groups -OCH3 is 2. The molecule has 5 atom stereocenters. The van der Waals surface area contributed by atoms with Crippen molar-refractivity contribution < 1.29 is 32.4 Å². The van der Waals surface area contributed by atoms with Gasteiger partial charge in [0.05, 0.1) is 51.9 Å². The maximum absolute atomic E-state index is 9.67. The van der Waals surface area contributed by atoms with Gasteiger partial charge < -0.3 is 32.4 Å². The van der Waals surface area contributed by atoms with Crippen LogP contribution in [0, 0.1) is 11.3 Å². The highest BCUT2D eigenvalue weighted by Gasteiger charge is 2.54. The molecular formula is C54H66ClN6O7PSi. The molecule has 0 radical (unpaired) electrons. The Morgan fingerprint density at radius 2 is 1.46 bits per heavy atom. The van der Waals surface area contributed by atoms with Crippen molar-refractivity contribution in [1.29, 1.82) is 5.26 Å². The summed E-state index contributed by atoms with van der Waals surface area (Å²) in [4.78, 5) is 14.4. The van der Waals surface area contributed by atoms with Crippen LogP contribution < -0.4 is 9.47 Å². The van der Waals surface area contributed by atoms with Crippen LogP contribution >= 0.6 is 20.1 Å². The monoisotopic (exact) mass is 1000 g/mol. The SMILES string of the molecule is COc1ccc(C(OC[C@H]2O[C@@H](n3cnc4c(C=Cc5cccc(Cl)c5)ncnc43)[C@H](O[Si](C)(C)C(C)(C)C)[C@@H]2OP(OCCC#N)N(C(C)C)C(C)C)(c2ccccc2)c2ccc(OC)cc2)cc1. The van der Waals surface area contributed by atoms with E-state index in [0.717, 1.165) is 22.3 Å². The zero-order valence-electron chi connectivity index (χ0n) is 42.1. The Bertz CT molecular complexity index is 2660. The summed E-state index contributed by atoms with van der Waals surface area (Å²) in [6, 6.07) is 36.0. The summed E-state index contributed by atoms with van der Waals surface area (Å²) in [7, 11) is -1.10. The molecule has 1 saturated heterocycles. The van der Waals surface area contributed by atoms with E-state index in [9.17, 15) is 5.26 Å². The molecule has 1 aliphatic rings. The molecule has 3 heterocycles. The van der Waals surface area contributed by atoms with Gasteiger partial charge in [-0.25, -0.2) is 19.6 Å². The lowest BCUT2D eigenvalue weighted by Crippen LogP contribution is -2.50. The largest absolute Gasteiger partial charge is 0.497 e. The van der Waals surface area contributed by atoms with Crippen molar-refractivity contribution in [1.82, 2.24) is 24.2 Å². The molecule has 0 N–H and O–H groups in total. The molecule has 1 aliphatic heterocycles. The van der Waals surface area contributed by atoms with Gasteiger partial charge in [0.1, 0.15) is 47.3 Å². The van der Waals surface area contributed by atoms with E-state index in [1.165, 1.54) is 6.33 Å². The fraction of sp³-hybridized carbons (Fsp3) is 0.407. The van der Waals surface area contributed by atoms with Crippen molar-refractivity contribution in [3.05, 3.63) is 149 Å². The minimum atomic E-state index is -2.62. The van der Waals surface area contributed by atoms with Gasteiger partial charge in [-0.05, 0) is 111 Å². The Balaban J connectivity index is 1.41. The Morgan fingerprint density at radius 1 is 0.829 bits per heavy atom. The average molecular weight is 1010 g/mol. The number of rotatable bonds is 21. The standard InChI is InChI=1S/C54H66ClN6O7PSi/c1-37(2)61(38(3)4)69(65-32-16-31-56)67-49-47(34-64-54(40-18-13-12-14-19-40,41-22-26-44(62-8)27-23-41)42-24-28-45(63-9)29-25-42)66-52(50(49)68-70(10,11)53(5,6)7)60-36-59-48-46(57-35-58-51(48)60)30-21-39-17-15-20-43(55)33-39/h12-15,17-30,33,35-38,47,49-50,52H,16,32,34H2,1-11H3/t47-,49-,50-,52-,69?/m1/s1. The van der Waals surface area contributed by atoms with Crippen LogP contribution in [-0.2, 0) is 28.5 Å². The summed E-state index contributed by atoms with van der Waals surface area (Å²) in [5, 5.41) is 10.1. The van der Waals surface area contributed by atoms with Crippen LogP contribution in [0.5, 0.6) is 11.5 Å². The fourth-order valence-corrected chi connectivity index (χ4v) is 11.7. The molecule has 0 aliphatic carbocycles. The summed E-state index contributed by atoms with van der Waals surface area (Å²) in [5.74, 6) is 1.43. The maximum atomic E-state index is 9.67. The molecule has 0 amide bonds. The highest BCUT2D eigenvalue weighted by molar-refractivity contribution is 7.44. The minimum Gasteiger partial charge on any atom is -0.497 e. The third kappa shape index (κ3) is 11.7. The lowest BCUT2D eigenvalue weighted by Gasteiger charge is -2.42. The van der Waals surface area contributed by atoms with Gasteiger partial charge in [-0.3, -0.25) is 4.57 Å². The second-order valence-electron chi connectivity index (χ2n) is 19.3. The highest BCUT2D eigenvalue weighted by Crippen LogP contribution is 2.53. The van der Waals surface area contributed by atoms with Gasteiger partial charge in [0, 0.05) is 17.1 Å². The Labute approximate surface area is 420 Å². The van der Waals surface area contributed by atoms with Crippen LogP contribution in [0.2, 0.25) is 23.2 Å². The number of nitrogens with zero attached hydrogens (tertiary/aromatic N) is 6. The Morgan fingerprint density at radius 3 is 2.03 bits per heavy atom. The van der Waals surface area contributed by atoms with Gasteiger partial charge in [0.2, 0.25) is 0 Å². The van der Waals surface area contributed by atoms with E-state index < -0.39 is 47.0 Å². The number of hydrogen-bond acceptors (Lipinski definition) is 12. The van der Waals surface area contributed by atoms with Gasteiger partial charge >= 0.3 is 0 Å². The third-order valence-electron chi connectivity index (χ3n) is 13.0. The molecule has 4 aromatic carbocycles. The molecular weight excluding hydrogens is 939 g/mol. The number of ether oxygens (including phenoxy) is 4. The van der Waals surface area contributed by atoms with Crippen LogP contribution in [0.15, 0.2) is 116 Å². The number of fused-ring (bicyclic) bond motifs is 1. The number of benzene rings is 4. The number of imidazole rings is 1. The molecule has 2 aromatic heterocycles. The second-order valence-corrected chi connectivity index (χ2v) is 25.9. The molecule has 7 rings (SSSR count). The van der Waals surface area contributed by atoms with E-state index in [-0.39, 0.29) is 36.8 Å². The van der Waals surface area contributed by atoms with E-state index in [4.69, 9.17) is 54.0 Å². The summed E-state index contributed by atoms with van der Waals surface area (Å²) in [6.07, 6.45) is 4.30. The number of hydrogen-bond donors (Lipinski definition) is 0. The van der Waals surface area contributed by atoms with Crippen molar-refractivity contribution in [2.45, 2.75) is 115 Å². The lowest BCUT2D eigenvalue weighted by molar-refractivity contribution is -0.0926. The van der Waals surface area contributed by atoms with E-state index in [1.54, 1.807) is 20.5 Å². The first-order valence-corrected chi connectivity index (χ1v) is 28.1. The number of nitriles is 1. The van der Waals surface area contributed by atoms with Crippen LogP contribution in [0.25, 0.3) is 23.3 Å². The van der Waals surface area contributed by atoms with Crippen LogP contribution in [0.3, 0.4) is 0 Å². The first-order chi connectivity index (χ1) is 33.5. The highest BCUT2D eigenvalue weighted by atomic mass is 35.5. The van der Waals surface area contributed by atoms with E-state index in [0.29, 0.717) is 33.4 Å². The Hall–Kier alpha value is -5.04. The average Bonchev–Trinajstić information content (AvgIpc) is 3.92. The van der Waals surface area contributed by atoms with Gasteiger partial charge in [-0.1, -0.05) is 105 Å². The molecule has 13 nitrogen and oxygen atoms in total. The van der Waals surface area contributed by atoms with Crippen molar-refractivity contribution in [3.8, 4) is 17.6 Å². The quantitative estimate of drug-likeness (QED) is 0.0294. The fourth-order valence-electron chi connectivity index (χ4n) is 8.48. The first kappa shape index (κ1) is 52.8. The van der Waals surface area contributed by atoms with E-state index >= 15 is 0 Å². The lowest BCUT2D eigenvalue weighted by atomic mass is 9.80. The molecule has 70 heavy (non-hydrogen) atoms. The molecule has 6 aromatic rings.